The van der Waals surface area contributed by atoms with E-state index in [9.17, 15) is 4.79 Å². The molecule has 2 aromatic carbocycles. The Bertz CT molecular complexity index is 707. The van der Waals surface area contributed by atoms with Crippen LogP contribution in [0.15, 0.2) is 42.5 Å². The lowest BCUT2D eigenvalue weighted by Crippen LogP contribution is -2.09. The molecule has 120 valence electrons. The molecular formula is C20H22ClNO. The van der Waals surface area contributed by atoms with Crippen LogP contribution in [0.3, 0.4) is 0 Å². The predicted octanol–water partition coefficient (Wildman–Crippen LogP) is 5.73. The Hall–Kier alpha value is -2.06. The molecule has 0 saturated heterocycles. The summed E-state index contributed by atoms with van der Waals surface area (Å²) in [6.07, 6.45) is 3.33. The van der Waals surface area contributed by atoms with E-state index < -0.39 is 0 Å². The number of amides is 1. The summed E-state index contributed by atoms with van der Waals surface area (Å²) in [6.45, 7) is 8.23. The SMILES string of the molecule is Cc1cc(C)c(NC(=O)C=Cc2ccc(C(C)C)cc2)c(Cl)c1. The van der Waals surface area contributed by atoms with Gasteiger partial charge in [0.2, 0.25) is 5.91 Å². The van der Waals surface area contributed by atoms with E-state index in [-0.39, 0.29) is 5.91 Å². The lowest BCUT2D eigenvalue weighted by molar-refractivity contribution is -0.111. The molecule has 23 heavy (non-hydrogen) atoms. The number of nitrogens with one attached hydrogen (secondary N) is 1. The molecule has 0 heterocycles. The second kappa shape index (κ2) is 7.47. The van der Waals surface area contributed by atoms with Gasteiger partial charge in [-0.15, -0.1) is 0 Å². The highest BCUT2D eigenvalue weighted by Crippen LogP contribution is 2.27. The smallest absolute Gasteiger partial charge is 0.248 e. The monoisotopic (exact) mass is 327 g/mol. The second-order valence-corrected chi connectivity index (χ2v) is 6.49. The van der Waals surface area contributed by atoms with Gasteiger partial charge in [0.1, 0.15) is 0 Å². The second-order valence-electron chi connectivity index (χ2n) is 6.08. The molecule has 0 radical (unpaired) electrons. The molecule has 1 amide bonds. The molecule has 0 spiro atoms. The third kappa shape index (κ3) is 4.70. The maximum atomic E-state index is 12.1. The van der Waals surface area contributed by atoms with Crippen molar-refractivity contribution in [2.75, 3.05) is 5.32 Å². The van der Waals surface area contributed by atoms with Crippen molar-refractivity contribution in [3.8, 4) is 0 Å². The van der Waals surface area contributed by atoms with Crippen molar-refractivity contribution >= 4 is 29.3 Å². The summed E-state index contributed by atoms with van der Waals surface area (Å²) in [5.41, 5.74) is 4.98. The van der Waals surface area contributed by atoms with Gasteiger partial charge in [0, 0.05) is 6.08 Å². The van der Waals surface area contributed by atoms with Crippen molar-refractivity contribution in [3.63, 3.8) is 0 Å². The molecule has 1 N–H and O–H groups in total. The maximum Gasteiger partial charge on any atom is 0.248 e. The molecule has 0 aliphatic rings. The quantitative estimate of drug-likeness (QED) is 0.713. The molecule has 0 aromatic heterocycles. The summed E-state index contributed by atoms with van der Waals surface area (Å²) >= 11 is 6.20. The van der Waals surface area contributed by atoms with E-state index in [1.165, 1.54) is 11.6 Å². The number of carbonyl (C=O) groups excluding carboxylic acids is 1. The zero-order valence-corrected chi connectivity index (χ0v) is 14.7. The first kappa shape index (κ1) is 17.3. The highest BCUT2D eigenvalue weighted by Gasteiger charge is 2.07. The molecule has 0 atom stereocenters. The first-order valence-corrected chi connectivity index (χ1v) is 8.10. The van der Waals surface area contributed by atoms with Gasteiger partial charge < -0.3 is 5.32 Å². The molecule has 2 aromatic rings. The van der Waals surface area contributed by atoms with E-state index in [0.29, 0.717) is 16.6 Å². The topological polar surface area (TPSA) is 29.1 Å². The molecule has 0 fully saturated rings. The van der Waals surface area contributed by atoms with Crippen LogP contribution in [0.1, 0.15) is 42.0 Å². The Morgan fingerprint density at radius 3 is 2.35 bits per heavy atom. The number of hydrogen-bond donors (Lipinski definition) is 1. The first-order valence-electron chi connectivity index (χ1n) is 7.72. The van der Waals surface area contributed by atoms with Crippen molar-refractivity contribution in [2.24, 2.45) is 0 Å². The normalized spacial score (nSPS) is 11.2. The van der Waals surface area contributed by atoms with Gasteiger partial charge in [-0.25, -0.2) is 0 Å². The van der Waals surface area contributed by atoms with Crippen LogP contribution in [0.25, 0.3) is 6.08 Å². The first-order chi connectivity index (χ1) is 10.9. The van der Waals surface area contributed by atoms with Crippen LogP contribution in [-0.4, -0.2) is 5.91 Å². The fourth-order valence-corrected chi connectivity index (χ4v) is 2.77. The highest BCUT2D eigenvalue weighted by molar-refractivity contribution is 6.34. The summed E-state index contributed by atoms with van der Waals surface area (Å²) in [6, 6.07) is 12.0. The Kier molecular flexibility index (Phi) is 5.62. The summed E-state index contributed by atoms with van der Waals surface area (Å²) in [4.78, 5) is 12.1. The van der Waals surface area contributed by atoms with Crippen molar-refractivity contribution < 1.29 is 4.79 Å². The molecule has 0 unspecified atom stereocenters. The average Bonchev–Trinajstić information content (AvgIpc) is 2.49. The summed E-state index contributed by atoms with van der Waals surface area (Å²) < 4.78 is 0. The van der Waals surface area contributed by atoms with Gasteiger partial charge in [-0.05, 0) is 54.2 Å². The Balaban J connectivity index is 2.07. The third-order valence-electron chi connectivity index (χ3n) is 3.71. The van der Waals surface area contributed by atoms with Crippen molar-refractivity contribution in [3.05, 3.63) is 69.8 Å². The van der Waals surface area contributed by atoms with Crippen LogP contribution in [0.2, 0.25) is 5.02 Å². The van der Waals surface area contributed by atoms with Crippen LogP contribution < -0.4 is 5.32 Å². The number of benzene rings is 2. The third-order valence-corrected chi connectivity index (χ3v) is 4.01. The molecule has 2 nitrogen and oxygen atoms in total. The number of halogens is 1. The fraction of sp³-hybridized carbons (Fsp3) is 0.250. The minimum Gasteiger partial charge on any atom is -0.321 e. The Morgan fingerprint density at radius 1 is 1.13 bits per heavy atom. The largest absolute Gasteiger partial charge is 0.321 e. The molecular weight excluding hydrogens is 306 g/mol. The van der Waals surface area contributed by atoms with Gasteiger partial charge in [-0.3, -0.25) is 4.79 Å². The van der Waals surface area contributed by atoms with E-state index in [1.807, 2.05) is 38.1 Å². The van der Waals surface area contributed by atoms with Gasteiger partial charge >= 0.3 is 0 Å². The van der Waals surface area contributed by atoms with Crippen molar-refractivity contribution in [2.45, 2.75) is 33.6 Å². The molecule has 0 aliphatic heterocycles. The molecule has 0 bridgehead atoms. The van der Waals surface area contributed by atoms with Gasteiger partial charge in [-0.2, -0.15) is 0 Å². The predicted molar refractivity (Wildman–Crippen MR) is 99.1 cm³/mol. The zero-order valence-electron chi connectivity index (χ0n) is 14.0. The number of carbonyl (C=O) groups is 1. The number of aryl methyl sites for hydroxylation is 2. The fourth-order valence-electron chi connectivity index (χ4n) is 2.40. The number of hydrogen-bond acceptors (Lipinski definition) is 1. The van der Waals surface area contributed by atoms with Gasteiger partial charge in [0.25, 0.3) is 0 Å². The van der Waals surface area contributed by atoms with Crippen LogP contribution in [-0.2, 0) is 4.79 Å². The number of anilines is 1. The highest BCUT2D eigenvalue weighted by atomic mass is 35.5. The van der Waals surface area contributed by atoms with Crippen LogP contribution in [0.5, 0.6) is 0 Å². The van der Waals surface area contributed by atoms with Crippen LogP contribution in [0.4, 0.5) is 5.69 Å². The van der Waals surface area contributed by atoms with Crippen molar-refractivity contribution in [1.29, 1.82) is 0 Å². The molecule has 0 saturated carbocycles. The van der Waals surface area contributed by atoms with Gasteiger partial charge in [0.15, 0.2) is 0 Å². The van der Waals surface area contributed by atoms with E-state index in [2.05, 4.69) is 31.3 Å². The maximum absolute atomic E-state index is 12.1. The summed E-state index contributed by atoms with van der Waals surface area (Å²) in [5.74, 6) is 0.315. The molecule has 2 rings (SSSR count). The molecule has 0 aliphatic carbocycles. The Labute approximate surface area is 143 Å². The average molecular weight is 328 g/mol. The number of rotatable bonds is 4. The zero-order chi connectivity index (χ0) is 17.0. The lowest BCUT2D eigenvalue weighted by atomic mass is 10.0. The van der Waals surface area contributed by atoms with E-state index in [0.717, 1.165) is 16.7 Å². The van der Waals surface area contributed by atoms with Gasteiger partial charge in [-0.1, -0.05) is 55.8 Å². The summed E-state index contributed by atoms with van der Waals surface area (Å²) in [5, 5.41) is 3.41. The van der Waals surface area contributed by atoms with E-state index in [4.69, 9.17) is 11.6 Å². The van der Waals surface area contributed by atoms with Crippen LogP contribution >= 0.6 is 11.6 Å². The van der Waals surface area contributed by atoms with Gasteiger partial charge in [0.05, 0.1) is 10.7 Å². The van der Waals surface area contributed by atoms with Crippen molar-refractivity contribution in [1.82, 2.24) is 0 Å². The van der Waals surface area contributed by atoms with E-state index in [1.54, 1.807) is 6.08 Å². The lowest BCUT2D eigenvalue weighted by Gasteiger charge is -2.10. The molecule has 3 heteroatoms. The summed E-state index contributed by atoms with van der Waals surface area (Å²) in [7, 11) is 0. The standard InChI is InChI=1S/C20H22ClNO/c1-13(2)17-8-5-16(6-9-17)7-10-19(23)22-20-15(4)11-14(3)12-18(20)21/h5-13H,1-4H3,(H,22,23). The van der Waals surface area contributed by atoms with Crippen LogP contribution in [0, 0.1) is 13.8 Å². The minimum atomic E-state index is -0.188. The minimum absolute atomic E-state index is 0.188. The van der Waals surface area contributed by atoms with E-state index >= 15 is 0 Å². The Morgan fingerprint density at radius 2 is 1.78 bits per heavy atom.